The summed E-state index contributed by atoms with van der Waals surface area (Å²) in [5.74, 6) is -14.5. The summed E-state index contributed by atoms with van der Waals surface area (Å²) in [7, 11) is -4.92. The van der Waals surface area contributed by atoms with Crippen LogP contribution in [0.5, 0.6) is 11.5 Å². The molecular formula is C21H21F5NO5P. The molecule has 1 saturated carbocycles. The molecule has 12 heteroatoms. The van der Waals surface area contributed by atoms with E-state index in [1.54, 1.807) is 6.07 Å². The van der Waals surface area contributed by atoms with Gasteiger partial charge < -0.3 is 13.8 Å². The summed E-state index contributed by atoms with van der Waals surface area (Å²) in [4.78, 5) is 12.4. The lowest BCUT2D eigenvalue weighted by Crippen LogP contribution is -2.38. The summed E-state index contributed by atoms with van der Waals surface area (Å²) >= 11 is 0. The van der Waals surface area contributed by atoms with E-state index in [-0.39, 0.29) is 11.9 Å². The van der Waals surface area contributed by atoms with Gasteiger partial charge in [-0.1, -0.05) is 24.6 Å². The Bertz CT molecular complexity index is 1020. The second-order valence-corrected chi connectivity index (χ2v) is 9.06. The quantitative estimate of drug-likeness (QED) is 0.165. The van der Waals surface area contributed by atoms with Crippen LogP contribution in [-0.4, -0.2) is 18.1 Å². The highest BCUT2D eigenvalue weighted by atomic mass is 31.2. The van der Waals surface area contributed by atoms with Gasteiger partial charge >= 0.3 is 13.7 Å². The van der Waals surface area contributed by atoms with E-state index in [1.165, 1.54) is 31.2 Å². The van der Waals surface area contributed by atoms with Gasteiger partial charge in [-0.25, -0.2) is 17.7 Å². The van der Waals surface area contributed by atoms with Crippen molar-refractivity contribution in [1.82, 2.24) is 5.09 Å². The second-order valence-electron chi connectivity index (χ2n) is 7.44. The number of carbonyl (C=O) groups is 1. The Balaban J connectivity index is 1.87. The number of para-hydroxylation sites is 1. The van der Waals surface area contributed by atoms with Gasteiger partial charge in [-0.3, -0.25) is 4.79 Å². The van der Waals surface area contributed by atoms with E-state index >= 15 is 0 Å². The van der Waals surface area contributed by atoms with Gasteiger partial charge in [0.15, 0.2) is 0 Å². The van der Waals surface area contributed by atoms with Crippen molar-refractivity contribution in [3.05, 3.63) is 59.4 Å². The van der Waals surface area contributed by atoms with Gasteiger partial charge in [-0.05, 0) is 44.7 Å². The van der Waals surface area contributed by atoms with Crippen molar-refractivity contribution in [2.75, 3.05) is 0 Å². The molecular weight excluding hydrogens is 472 g/mol. The summed E-state index contributed by atoms with van der Waals surface area (Å²) in [5, 5.41) is 2.15. The third-order valence-electron chi connectivity index (χ3n) is 4.89. The van der Waals surface area contributed by atoms with E-state index in [9.17, 15) is 31.3 Å². The number of esters is 1. The molecule has 2 atom stereocenters. The molecule has 180 valence electrons. The number of halogens is 5. The Kier molecular flexibility index (Phi) is 7.97. The summed E-state index contributed by atoms with van der Waals surface area (Å²) in [6.07, 6.45) is 3.71. The van der Waals surface area contributed by atoms with Crippen molar-refractivity contribution < 1.29 is 45.1 Å². The minimum Gasteiger partial charge on any atom is -0.461 e. The van der Waals surface area contributed by atoms with Crippen LogP contribution in [0.2, 0.25) is 0 Å². The third kappa shape index (κ3) is 6.03. The third-order valence-corrected chi connectivity index (χ3v) is 6.47. The molecule has 1 aliphatic rings. The molecule has 0 spiro atoms. The fraction of sp³-hybridized carbons (Fsp3) is 0.381. The van der Waals surface area contributed by atoms with E-state index in [2.05, 4.69) is 5.09 Å². The molecule has 0 amide bonds. The van der Waals surface area contributed by atoms with Crippen LogP contribution in [0.25, 0.3) is 0 Å². The number of ether oxygens (including phenoxy) is 1. The van der Waals surface area contributed by atoms with Crippen LogP contribution < -0.4 is 14.1 Å². The fourth-order valence-corrected chi connectivity index (χ4v) is 4.74. The van der Waals surface area contributed by atoms with Crippen molar-refractivity contribution >= 4 is 13.7 Å². The summed E-state index contributed by atoms with van der Waals surface area (Å²) in [6, 6.07) is 5.77. The number of rotatable bonds is 8. The van der Waals surface area contributed by atoms with Gasteiger partial charge in [-0.2, -0.15) is 13.9 Å². The molecule has 1 N–H and O–H groups in total. The van der Waals surface area contributed by atoms with Crippen LogP contribution >= 0.6 is 7.75 Å². The number of hydrogen-bond acceptors (Lipinski definition) is 5. The molecule has 1 aliphatic carbocycles. The first kappa shape index (κ1) is 25.0. The molecule has 0 bridgehead atoms. The number of nitrogens with one attached hydrogen (secondary N) is 1. The molecule has 2 aromatic rings. The Morgan fingerprint density at radius 3 is 2.03 bits per heavy atom. The minimum absolute atomic E-state index is 0.120. The maximum absolute atomic E-state index is 14.1. The van der Waals surface area contributed by atoms with Gasteiger partial charge in [0.1, 0.15) is 17.9 Å². The highest BCUT2D eigenvalue weighted by Crippen LogP contribution is 2.47. The van der Waals surface area contributed by atoms with Gasteiger partial charge in [0, 0.05) is 0 Å². The first-order valence-electron chi connectivity index (χ1n) is 10.2. The van der Waals surface area contributed by atoms with Crippen molar-refractivity contribution in [3.8, 4) is 11.5 Å². The molecule has 1 fully saturated rings. The maximum Gasteiger partial charge on any atom is 0.513 e. The summed E-state index contributed by atoms with van der Waals surface area (Å²) < 4.78 is 97.4. The fourth-order valence-electron chi connectivity index (χ4n) is 3.22. The monoisotopic (exact) mass is 493 g/mol. The number of benzene rings is 2. The Labute approximate surface area is 186 Å². The normalized spacial score (nSPS) is 17.2. The zero-order chi connectivity index (χ0) is 24.2. The summed E-state index contributed by atoms with van der Waals surface area (Å²) in [6.45, 7) is 1.23. The zero-order valence-corrected chi connectivity index (χ0v) is 18.3. The Hall–Kier alpha value is -2.65. The Morgan fingerprint density at radius 1 is 0.909 bits per heavy atom. The van der Waals surface area contributed by atoms with Gasteiger partial charge in [0.05, 0.1) is 0 Å². The highest BCUT2D eigenvalue weighted by molar-refractivity contribution is 7.52. The molecule has 3 rings (SSSR count). The van der Waals surface area contributed by atoms with Crippen LogP contribution in [0, 0.1) is 29.1 Å². The first-order chi connectivity index (χ1) is 15.6. The zero-order valence-electron chi connectivity index (χ0n) is 17.5. The molecule has 6 nitrogen and oxygen atoms in total. The average Bonchev–Trinajstić information content (AvgIpc) is 2.80. The number of hydrogen-bond donors (Lipinski definition) is 1. The largest absolute Gasteiger partial charge is 0.513 e. The lowest BCUT2D eigenvalue weighted by atomic mass is 9.98. The Morgan fingerprint density at radius 2 is 1.45 bits per heavy atom. The molecule has 1 unspecified atom stereocenters. The molecule has 2 aromatic carbocycles. The highest BCUT2D eigenvalue weighted by Gasteiger charge is 2.38. The second kappa shape index (κ2) is 10.5. The first-order valence-corrected chi connectivity index (χ1v) is 11.7. The van der Waals surface area contributed by atoms with Crippen LogP contribution in [0.1, 0.15) is 39.0 Å². The van der Waals surface area contributed by atoms with Gasteiger partial charge in [0.2, 0.25) is 34.8 Å². The standard InChI is InChI=1S/C21H21F5NO5P/c1-12(21(28)30-13-8-4-2-5-9-13)27-33(29,31-14-10-6-3-7-11-14)32-20-18(25)16(23)15(22)17(24)19(20)26/h3,6-7,10-13H,2,4-5,8-9H2,1H3,(H,27,29)/t12?,33-/m0/s1. The lowest BCUT2D eigenvalue weighted by molar-refractivity contribution is -0.152. The van der Waals surface area contributed by atoms with Crippen LogP contribution in [0.4, 0.5) is 22.0 Å². The SMILES string of the molecule is CC(N[P@](=O)(Oc1ccccc1)Oc1c(F)c(F)c(F)c(F)c1F)C(=O)OC1CCCCC1. The van der Waals surface area contributed by atoms with E-state index in [1.807, 2.05) is 0 Å². The van der Waals surface area contributed by atoms with Gasteiger partial charge in [0.25, 0.3) is 0 Å². The maximum atomic E-state index is 14.1. The topological polar surface area (TPSA) is 73.9 Å². The van der Waals surface area contributed by atoms with Crippen LogP contribution in [-0.2, 0) is 14.1 Å². The van der Waals surface area contributed by atoms with Crippen molar-refractivity contribution in [2.45, 2.75) is 51.2 Å². The summed E-state index contributed by atoms with van der Waals surface area (Å²) in [5.41, 5.74) is 0. The molecule has 0 heterocycles. The van der Waals surface area contributed by atoms with Crippen LogP contribution in [0.15, 0.2) is 30.3 Å². The van der Waals surface area contributed by atoms with E-state index in [4.69, 9.17) is 13.8 Å². The predicted molar refractivity (Wildman–Crippen MR) is 107 cm³/mol. The van der Waals surface area contributed by atoms with E-state index in [0.717, 1.165) is 19.3 Å². The molecule has 0 aromatic heterocycles. The van der Waals surface area contributed by atoms with Crippen LogP contribution in [0.3, 0.4) is 0 Å². The van der Waals surface area contributed by atoms with E-state index < -0.39 is 54.6 Å². The van der Waals surface area contributed by atoms with Crippen molar-refractivity contribution in [3.63, 3.8) is 0 Å². The number of carbonyl (C=O) groups excluding carboxylic acids is 1. The molecule has 0 radical (unpaired) electrons. The predicted octanol–water partition coefficient (Wildman–Crippen LogP) is 5.80. The molecule has 0 saturated heterocycles. The van der Waals surface area contributed by atoms with Gasteiger partial charge in [-0.15, -0.1) is 0 Å². The minimum atomic E-state index is -4.92. The van der Waals surface area contributed by atoms with E-state index in [0.29, 0.717) is 12.8 Å². The average molecular weight is 493 g/mol. The molecule has 0 aliphatic heterocycles. The van der Waals surface area contributed by atoms with Crippen molar-refractivity contribution in [1.29, 1.82) is 0 Å². The smallest absolute Gasteiger partial charge is 0.461 e. The van der Waals surface area contributed by atoms with Crippen molar-refractivity contribution in [2.24, 2.45) is 0 Å². The lowest BCUT2D eigenvalue weighted by Gasteiger charge is -2.26. The molecule has 33 heavy (non-hydrogen) atoms.